The molecule has 0 heterocycles. The van der Waals surface area contributed by atoms with E-state index in [1.165, 1.54) is 6.08 Å². The molecule has 0 aliphatic heterocycles. The quantitative estimate of drug-likeness (QED) is 0.654. The Kier molecular flexibility index (Phi) is 8.09. The first-order chi connectivity index (χ1) is 13.5. The van der Waals surface area contributed by atoms with E-state index in [1.807, 2.05) is 48.5 Å². The minimum atomic E-state index is -0.627. The second kappa shape index (κ2) is 10.8. The summed E-state index contributed by atoms with van der Waals surface area (Å²) in [6, 6.07) is 14.5. The first-order valence-electron chi connectivity index (χ1n) is 9.05. The summed E-state index contributed by atoms with van der Waals surface area (Å²) in [5, 5.41) is 5.48. The minimum Gasteiger partial charge on any atom is -0.493 e. The normalized spacial score (nSPS) is 11.7. The summed E-state index contributed by atoms with van der Waals surface area (Å²) in [5.41, 5.74) is 1.94. The van der Waals surface area contributed by atoms with E-state index in [0.29, 0.717) is 24.5 Å². The average molecular weight is 382 g/mol. The highest BCUT2D eigenvalue weighted by Crippen LogP contribution is 2.27. The van der Waals surface area contributed by atoms with Crippen LogP contribution in [0.4, 0.5) is 0 Å². The van der Waals surface area contributed by atoms with Crippen LogP contribution < -0.4 is 20.1 Å². The van der Waals surface area contributed by atoms with Crippen molar-refractivity contribution in [2.75, 3.05) is 20.8 Å². The summed E-state index contributed by atoms with van der Waals surface area (Å²) in [6.07, 6.45) is 3.76. The number of carbonyl (C=O) groups is 2. The van der Waals surface area contributed by atoms with Crippen molar-refractivity contribution in [3.63, 3.8) is 0 Å². The van der Waals surface area contributed by atoms with Crippen molar-refractivity contribution in [2.45, 2.75) is 19.4 Å². The average Bonchev–Trinajstić information content (AvgIpc) is 2.72. The molecule has 2 N–H and O–H groups in total. The highest BCUT2D eigenvalue weighted by molar-refractivity contribution is 5.95. The van der Waals surface area contributed by atoms with Crippen LogP contribution in [0.15, 0.2) is 54.6 Å². The molecule has 1 atom stereocenters. The number of amides is 2. The topological polar surface area (TPSA) is 76.7 Å². The molecule has 0 fully saturated rings. The Hall–Kier alpha value is -3.28. The molecule has 0 spiro atoms. The SMILES string of the molecule is COc1ccc(CCNC(=O)[C@H](C)NC(=O)/C=C/c2ccccc2)cc1OC. The molecule has 2 aromatic carbocycles. The van der Waals surface area contributed by atoms with Gasteiger partial charge in [0, 0.05) is 12.6 Å². The minimum absolute atomic E-state index is 0.234. The molecule has 28 heavy (non-hydrogen) atoms. The van der Waals surface area contributed by atoms with E-state index in [2.05, 4.69) is 10.6 Å². The van der Waals surface area contributed by atoms with Crippen molar-refractivity contribution in [1.82, 2.24) is 10.6 Å². The van der Waals surface area contributed by atoms with Gasteiger partial charge < -0.3 is 20.1 Å². The molecule has 0 radical (unpaired) electrons. The first kappa shape index (κ1) is 21.0. The van der Waals surface area contributed by atoms with E-state index < -0.39 is 6.04 Å². The zero-order valence-electron chi connectivity index (χ0n) is 16.4. The van der Waals surface area contributed by atoms with E-state index in [-0.39, 0.29) is 11.8 Å². The monoisotopic (exact) mass is 382 g/mol. The summed E-state index contributed by atoms with van der Waals surface area (Å²) < 4.78 is 10.5. The van der Waals surface area contributed by atoms with E-state index in [0.717, 1.165) is 11.1 Å². The van der Waals surface area contributed by atoms with Crippen LogP contribution in [0.5, 0.6) is 11.5 Å². The molecular weight excluding hydrogens is 356 g/mol. The van der Waals surface area contributed by atoms with Gasteiger partial charge in [0.1, 0.15) is 6.04 Å². The molecule has 2 amide bonds. The zero-order chi connectivity index (χ0) is 20.4. The van der Waals surface area contributed by atoms with Crippen LogP contribution in [0.25, 0.3) is 6.08 Å². The lowest BCUT2D eigenvalue weighted by atomic mass is 10.1. The van der Waals surface area contributed by atoms with E-state index in [1.54, 1.807) is 27.2 Å². The number of hydrogen-bond acceptors (Lipinski definition) is 4. The van der Waals surface area contributed by atoms with Crippen molar-refractivity contribution in [3.05, 3.63) is 65.7 Å². The fourth-order valence-electron chi connectivity index (χ4n) is 2.58. The molecule has 2 aromatic rings. The van der Waals surface area contributed by atoms with Crippen LogP contribution in [0.2, 0.25) is 0 Å². The van der Waals surface area contributed by atoms with Gasteiger partial charge in [0.2, 0.25) is 11.8 Å². The van der Waals surface area contributed by atoms with Crippen molar-refractivity contribution in [3.8, 4) is 11.5 Å². The number of benzene rings is 2. The lowest BCUT2D eigenvalue weighted by Crippen LogP contribution is -2.44. The molecule has 0 unspecified atom stereocenters. The van der Waals surface area contributed by atoms with Gasteiger partial charge >= 0.3 is 0 Å². The van der Waals surface area contributed by atoms with Crippen molar-refractivity contribution in [2.24, 2.45) is 0 Å². The number of nitrogens with one attached hydrogen (secondary N) is 2. The van der Waals surface area contributed by atoms with Crippen LogP contribution in [-0.2, 0) is 16.0 Å². The van der Waals surface area contributed by atoms with Gasteiger partial charge in [-0.25, -0.2) is 0 Å². The Morgan fingerprint density at radius 1 is 1.04 bits per heavy atom. The molecule has 0 saturated carbocycles. The maximum absolute atomic E-state index is 12.2. The third-order valence-electron chi connectivity index (χ3n) is 4.14. The molecule has 0 aliphatic rings. The molecule has 6 heteroatoms. The van der Waals surface area contributed by atoms with Gasteiger partial charge in [-0.2, -0.15) is 0 Å². The summed E-state index contributed by atoms with van der Waals surface area (Å²) >= 11 is 0. The number of carbonyl (C=O) groups excluding carboxylic acids is 2. The summed E-state index contributed by atoms with van der Waals surface area (Å²) in [7, 11) is 3.17. The second-order valence-electron chi connectivity index (χ2n) is 6.20. The summed E-state index contributed by atoms with van der Waals surface area (Å²) in [5.74, 6) is 0.765. The van der Waals surface area contributed by atoms with Crippen molar-refractivity contribution >= 4 is 17.9 Å². The second-order valence-corrected chi connectivity index (χ2v) is 6.20. The standard InChI is InChI=1S/C22H26N2O4/c1-16(24-21(25)12-10-17-7-5-4-6-8-17)22(26)23-14-13-18-9-11-19(27-2)20(15-18)28-3/h4-12,15-16H,13-14H2,1-3H3,(H,23,26)(H,24,25)/b12-10+/t16-/m0/s1. The predicted octanol–water partition coefficient (Wildman–Crippen LogP) is 2.58. The van der Waals surface area contributed by atoms with Crippen LogP contribution in [0, 0.1) is 0 Å². The van der Waals surface area contributed by atoms with Gasteiger partial charge in [-0.3, -0.25) is 9.59 Å². The van der Waals surface area contributed by atoms with Gasteiger partial charge in [-0.05, 0) is 42.7 Å². The summed E-state index contributed by atoms with van der Waals surface area (Å²) in [6.45, 7) is 2.11. The third kappa shape index (κ3) is 6.46. The fourth-order valence-corrected chi connectivity index (χ4v) is 2.58. The Morgan fingerprint density at radius 2 is 1.75 bits per heavy atom. The molecule has 0 bridgehead atoms. The molecule has 0 aliphatic carbocycles. The molecule has 6 nitrogen and oxygen atoms in total. The smallest absolute Gasteiger partial charge is 0.244 e. The van der Waals surface area contributed by atoms with Crippen LogP contribution in [0.3, 0.4) is 0 Å². The Morgan fingerprint density at radius 3 is 2.43 bits per heavy atom. The summed E-state index contributed by atoms with van der Waals surface area (Å²) in [4.78, 5) is 24.1. The predicted molar refractivity (Wildman–Crippen MR) is 109 cm³/mol. The van der Waals surface area contributed by atoms with Gasteiger partial charge in [0.15, 0.2) is 11.5 Å². The Labute approximate surface area is 165 Å². The van der Waals surface area contributed by atoms with Gasteiger partial charge in [-0.15, -0.1) is 0 Å². The lowest BCUT2D eigenvalue weighted by molar-refractivity contribution is -0.126. The number of hydrogen-bond donors (Lipinski definition) is 2. The maximum atomic E-state index is 12.2. The first-order valence-corrected chi connectivity index (χ1v) is 9.05. The highest BCUT2D eigenvalue weighted by Gasteiger charge is 2.14. The highest BCUT2D eigenvalue weighted by atomic mass is 16.5. The lowest BCUT2D eigenvalue weighted by Gasteiger charge is -2.13. The van der Waals surface area contributed by atoms with Crippen LogP contribution >= 0.6 is 0 Å². The van der Waals surface area contributed by atoms with Gasteiger partial charge in [0.05, 0.1) is 14.2 Å². The van der Waals surface area contributed by atoms with Gasteiger partial charge in [0.25, 0.3) is 0 Å². The fraction of sp³-hybridized carbons (Fsp3) is 0.273. The van der Waals surface area contributed by atoms with Crippen LogP contribution in [0.1, 0.15) is 18.1 Å². The Bertz CT molecular complexity index is 819. The van der Waals surface area contributed by atoms with Crippen molar-refractivity contribution in [1.29, 1.82) is 0 Å². The largest absolute Gasteiger partial charge is 0.493 e. The molecule has 2 rings (SSSR count). The third-order valence-corrected chi connectivity index (χ3v) is 4.14. The van der Waals surface area contributed by atoms with E-state index in [4.69, 9.17) is 9.47 Å². The molecular formula is C22H26N2O4. The number of ether oxygens (including phenoxy) is 2. The van der Waals surface area contributed by atoms with E-state index in [9.17, 15) is 9.59 Å². The molecule has 148 valence electrons. The molecule has 0 saturated heterocycles. The van der Waals surface area contributed by atoms with Crippen molar-refractivity contribution < 1.29 is 19.1 Å². The van der Waals surface area contributed by atoms with Crippen LogP contribution in [-0.4, -0.2) is 38.6 Å². The maximum Gasteiger partial charge on any atom is 0.244 e. The number of rotatable bonds is 9. The zero-order valence-corrected chi connectivity index (χ0v) is 16.4. The number of methoxy groups -OCH3 is 2. The Balaban J connectivity index is 1.78. The van der Waals surface area contributed by atoms with E-state index >= 15 is 0 Å². The molecule has 0 aromatic heterocycles. The van der Waals surface area contributed by atoms with Gasteiger partial charge in [-0.1, -0.05) is 36.4 Å².